The molecule has 114 valence electrons. The molecule has 1 saturated carbocycles. The Kier molecular flexibility index (Phi) is 5.02. The van der Waals surface area contributed by atoms with Crippen molar-refractivity contribution in [3.05, 3.63) is 0 Å². The van der Waals surface area contributed by atoms with E-state index in [0.717, 1.165) is 32.5 Å². The Morgan fingerprint density at radius 2 is 1.95 bits per heavy atom. The lowest BCUT2D eigenvalue weighted by atomic mass is 10.0. The van der Waals surface area contributed by atoms with Crippen LogP contribution in [0.3, 0.4) is 0 Å². The summed E-state index contributed by atoms with van der Waals surface area (Å²) in [7, 11) is 1.86. The molecule has 1 N–H and O–H groups in total. The summed E-state index contributed by atoms with van der Waals surface area (Å²) in [5.41, 5.74) is 0. The maximum Gasteiger partial charge on any atom is 0.306 e. The summed E-state index contributed by atoms with van der Waals surface area (Å²) in [5.74, 6) is -1.03. The minimum absolute atomic E-state index is 0.0856. The van der Waals surface area contributed by atoms with Crippen LogP contribution < -0.4 is 0 Å². The number of carboxylic acid groups (broad SMARTS) is 1. The largest absolute Gasteiger partial charge is 0.481 e. The highest BCUT2D eigenvalue weighted by atomic mass is 16.4. The second-order valence-electron chi connectivity index (χ2n) is 6.19. The molecule has 1 aliphatic carbocycles. The first-order valence-corrected chi connectivity index (χ1v) is 7.74. The first-order chi connectivity index (χ1) is 9.52. The molecule has 2 rings (SSSR count). The quantitative estimate of drug-likeness (QED) is 0.828. The lowest BCUT2D eigenvalue weighted by Crippen LogP contribution is -2.42. The normalized spacial score (nSPS) is 30.6. The van der Waals surface area contributed by atoms with E-state index in [4.69, 9.17) is 5.11 Å². The standard InChI is InChI=1S/C15H26N2O3/c1-3-17-8-4-5-13(17)10-16(2)14(18)11-6-7-12(9-11)15(19)20/h11-13H,3-10H2,1-2H3,(H,19,20). The van der Waals surface area contributed by atoms with Crippen molar-refractivity contribution in [1.82, 2.24) is 9.80 Å². The van der Waals surface area contributed by atoms with Crippen LogP contribution in [0.2, 0.25) is 0 Å². The van der Waals surface area contributed by atoms with Gasteiger partial charge in [-0.1, -0.05) is 6.92 Å². The maximum atomic E-state index is 12.4. The summed E-state index contributed by atoms with van der Waals surface area (Å²) in [5, 5.41) is 9.02. The van der Waals surface area contributed by atoms with Crippen molar-refractivity contribution in [1.29, 1.82) is 0 Å². The number of hydrogen-bond acceptors (Lipinski definition) is 3. The number of likely N-dealkylation sites (N-methyl/N-ethyl adjacent to an activating group) is 2. The van der Waals surface area contributed by atoms with E-state index >= 15 is 0 Å². The van der Waals surface area contributed by atoms with Crippen LogP contribution in [-0.2, 0) is 9.59 Å². The van der Waals surface area contributed by atoms with Gasteiger partial charge in [0.2, 0.25) is 5.91 Å². The highest BCUT2D eigenvalue weighted by Gasteiger charge is 2.36. The number of carbonyl (C=O) groups is 2. The van der Waals surface area contributed by atoms with E-state index < -0.39 is 5.97 Å². The molecule has 2 aliphatic rings. The molecule has 0 radical (unpaired) electrons. The molecule has 0 bridgehead atoms. The molecule has 3 unspecified atom stereocenters. The smallest absolute Gasteiger partial charge is 0.306 e. The molecule has 0 aromatic rings. The molecule has 0 aromatic heterocycles. The fourth-order valence-electron chi connectivity index (χ4n) is 3.67. The minimum atomic E-state index is -0.754. The topological polar surface area (TPSA) is 60.9 Å². The Morgan fingerprint density at radius 3 is 2.55 bits per heavy atom. The van der Waals surface area contributed by atoms with Crippen molar-refractivity contribution >= 4 is 11.9 Å². The Bertz CT molecular complexity index is 372. The van der Waals surface area contributed by atoms with Gasteiger partial charge in [0.25, 0.3) is 0 Å². The van der Waals surface area contributed by atoms with Gasteiger partial charge in [0, 0.05) is 25.6 Å². The molecule has 5 heteroatoms. The predicted molar refractivity (Wildman–Crippen MR) is 76.4 cm³/mol. The van der Waals surface area contributed by atoms with Crippen molar-refractivity contribution in [3.63, 3.8) is 0 Å². The second-order valence-corrected chi connectivity index (χ2v) is 6.19. The summed E-state index contributed by atoms with van der Waals surface area (Å²) >= 11 is 0. The van der Waals surface area contributed by atoms with Gasteiger partial charge in [-0.3, -0.25) is 14.5 Å². The van der Waals surface area contributed by atoms with Gasteiger partial charge in [-0.05, 0) is 45.2 Å². The third kappa shape index (κ3) is 3.32. The zero-order valence-electron chi connectivity index (χ0n) is 12.5. The van der Waals surface area contributed by atoms with Crippen molar-refractivity contribution in [2.45, 2.75) is 45.1 Å². The monoisotopic (exact) mass is 282 g/mol. The summed E-state index contributed by atoms with van der Waals surface area (Å²) in [6, 6.07) is 0.477. The average molecular weight is 282 g/mol. The molecular formula is C15H26N2O3. The van der Waals surface area contributed by atoms with Gasteiger partial charge in [0.1, 0.15) is 0 Å². The van der Waals surface area contributed by atoms with Crippen LogP contribution in [0, 0.1) is 11.8 Å². The van der Waals surface area contributed by atoms with Crippen molar-refractivity contribution in [2.24, 2.45) is 11.8 Å². The molecule has 1 heterocycles. The number of carboxylic acids is 1. The number of aliphatic carboxylic acids is 1. The molecule has 1 amide bonds. The Morgan fingerprint density at radius 1 is 1.25 bits per heavy atom. The third-order valence-corrected chi connectivity index (χ3v) is 4.90. The molecule has 0 aromatic carbocycles. The summed E-state index contributed by atoms with van der Waals surface area (Å²) in [4.78, 5) is 27.6. The van der Waals surface area contributed by atoms with Gasteiger partial charge in [-0.25, -0.2) is 0 Å². The first kappa shape index (κ1) is 15.3. The molecule has 0 spiro atoms. The van der Waals surface area contributed by atoms with Crippen LogP contribution in [0.25, 0.3) is 0 Å². The minimum Gasteiger partial charge on any atom is -0.481 e. The van der Waals surface area contributed by atoms with Crippen molar-refractivity contribution < 1.29 is 14.7 Å². The van der Waals surface area contributed by atoms with E-state index in [1.165, 1.54) is 6.42 Å². The molecule has 5 nitrogen and oxygen atoms in total. The molecule has 20 heavy (non-hydrogen) atoms. The SMILES string of the molecule is CCN1CCCC1CN(C)C(=O)C1CCC(C(=O)O)C1. The summed E-state index contributed by atoms with van der Waals surface area (Å²) in [6.07, 6.45) is 4.26. The van der Waals surface area contributed by atoms with E-state index in [-0.39, 0.29) is 17.7 Å². The summed E-state index contributed by atoms with van der Waals surface area (Å²) in [6.45, 7) is 5.11. The van der Waals surface area contributed by atoms with Crippen molar-refractivity contribution in [3.8, 4) is 0 Å². The predicted octanol–water partition coefficient (Wildman–Crippen LogP) is 1.43. The molecule has 1 aliphatic heterocycles. The fourth-order valence-corrected chi connectivity index (χ4v) is 3.67. The Balaban J connectivity index is 1.85. The number of nitrogens with zero attached hydrogens (tertiary/aromatic N) is 2. The number of likely N-dealkylation sites (tertiary alicyclic amines) is 1. The lowest BCUT2D eigenvalue weighted by molar-refractivity contribution is -0.141. The van der Waals surface area contributed by atoms with E-state index in [2.05, 4.69) is 11.8 Å². The highest BCUT2D eigenvalue weighted by molar-refractivity contribution is 5.80. The van der Waals surface area contributed by atoms with Gasteiger partial charge in [-0.2, -0.15) is 0 Å². The summed E-state index contributed by atoms with van der Waals surface area (Å²) < 4.78 is 0. The molecule has 1 saturated heterocycles. The van der Waals surface area contributed by atoms with Crippen LogP contribution >= 0.6 is 0 Å². The van der Waals surface area contributed by atoms with Gasteiger partial charge < -0.3 is 10.0 Å². The average Bonchev–Trinajstić information content (AvgIpc) is 3.06. The number of carbonyl (C=O) groups excluding carboxylic acids is 1. The van der Waals surface area contributed by atoms with E-state index in [0.29, 0.717) is 18.9 Å². The van der Waals surface area contributed by atoms with Crippen LogP contribution in [0.15, 0.2) is 0 Å². The van der Waals surface area contributed by atoms with E-state index in [9.17, 15) is 9.59 Å². The zero-order chi connectivity index (χ0) is 14.7. The van der Waals surface area contributed by atoms with E-state index in [1.54, 1.807) is 0 Å². The van der Waals surface area contributed by atoms with Crippen LogP contribution in [-0.4, -0.2) is 59.5 Å². The highest BCUT2D eigenvalue weighted by Crippen LogP contribution is 2.32. The van der Waals surface area contributed by atoms with Crippen LogP contribution in [0.4, 0.5) is 0 Å². The van der Waals surface area contributed by atoms with Crippen LogP contribution in [0.1, 0.15) is 39.0 Å². The number of amides is 1. The van der Waals surface area contributed by atoms with Gasteiger partial charge >= 0.3 is 5.97 Å². The Hall–Kier alpha value is -1.10. The Labute approximate surface area is 120 Å². The van der Waals surface area contributed by atoms with Crippen molar-refractivity contribution in [2.75, 3.05) is 26.7 Å². The third-order valence-electron chi connectivity index (χ3n) is 4.90. The van der Waals surface area contributed by atoms with Gasteiger partial charge in [0.15, 0.2) is 0 Å². The molecule has 3 atom stereocenters. The fraction of sp³-hybridized carbons (Fsp3) is 0.867. The first-order valence-electron chi connectivity index (χ1n) is 7.74. The molecule has 2 fully saturated rings. The number of rotatable bonds is 5. The lowest BCUT2D eigenvalue weighted by Gasteiger charge is -2.29. The maximum absolute atomic E-state index is 12.4. The van der Waals surface area contributed by atoms with E-state index in [1.807, 2.05) is 11.9 Å². The zero-order valence-corrected chi connectivity index (χ0v) is 12.5. The van der Waals surface area contributed by atoms with Crippen LogP contribution in [0.5, 0.6) is 0 Å². The second kappa shape index (κ2) is 6.57. The molecular weight excluding hydrogens is 256 g/mol. The van der Waals surface area contributed by atoms with Gasteiger partial charge in [0.05, 0.1) is 5.92 Å². The van der Waals surface area contributed by atoms with Gasteiger partial charge in [-0.15, -0.1) is 0 Å². The number of hydrogen-bond donors (Lipinski definition) is 1.